The molecule has 4 N–H and O–H groups in total. The Hall–Kier alpha value is -2.55. The Morgan fingerprint density at radius 2 is 1.95 bits per heavy atom. The normalized spacial score (nSPS) is 12.0. The molecule has 0 aliphatic rings. The zero-order valence-corrected chi connectivity index (χ0v) is 11.4. The number of alkyl halides is 3. The minimum Gasteiger partial charge on any atom is -0.506 e. The first-order chi connectivity index (χ1) is 10.3. The summed E-state index contributed by atoms with van der Waals surface area (Å²) in [7, 11) is 0. The van der Waals surface area contributed by atoms with Crippen molar-refractivity contribution in [3.8, 4) is 17.0 Å². The highest BCUT2D eigenvalue weighted by molar-refractivity contribution is 6.33. The number of hydrogen-bond acceptors (Lipinski definition) is 5. The van der Waals surface area contributed by atoms with Crippen LogP contribution in [0.2, 0.25) is 5.02 Å². The lowest BCUT2D eigenvalue weighted by Crippen LogP contribution is -2.06. The highest BCUT2D eigenvalue weighted by Gasteiger charge is 2.35. The van der Waals surface area contributed by atoms with Crippen LogP contribution in [-0.2, 0) is 6.18 Å². The summed E-state index contributed by atoms with van der Waals surface area (Å²) in [6, 6.07) is 1.85. The molecule has 2 heterocycles. The number of anilines is 1. The number of rotatable bonds is 1. The highest BCUT2D eigenvalue weighted by atomic mass is 35.5. The number of aromatic amines is 1. The summed E-state index contributed by atoms with van der Waals surface area (Å²) in [6.45, 7) is 0. The Balaban J connectivity index is 2.30. The second-order valence-corrected chi connectivity index (χ2v) is 4.79. The number of fused-ring (bicyclic) bond motifs is 1. The number of benzene rings is 1. The number of aromatic hydroxyl groups is 1. The van der Waals surface area contributed by atoms with Crippen molar-refractivity contribution in [2.75, 3.05) is 5.73 Å². The summed E-state index contributed by atoms with van der Waals surface area (Å²) in [5.41, 5.74) is 4.88. The Labute approximate surface area is 125 Å². The number of halogens is 4. The maximum atomic E-state index is 13.0. The van der Waals surface area contributed by atoms with Gasteiger partial charge in [-0.2, -0.15) is 18.3 Å². The van der Waals surface area contributed by atoms with Gasteiger partial charge in [-0.25, -0.2) is 9.97 Å². The number of aromatic nitrogens is 4. The average Bonchev–Trinajstić information content (AvgIpc) is 2.86. The van der Waals surface area contributed by atoms with Crippen molar-refractivity contribution in [1.82, 2.24) is 20.2 Å². The Kier molecular flexibility index (Phi) is 3.10. The molecule has 114 valence electrons. The van der Waals surface area contributed by atoms with E-state index in [1.165, 1.54) is 6.33 Å². The average molecular weight is 330 g/mol. The molecule has 0 saturated carbocycles. The largest absolute Gasteiger partial charge is 0.506 e. The molecule has 3 rings (SSSR count). The van der Waals surface area contributed by atoms with Crippen molar-refractivity contribution in [3.05, 3.63) is 29.0 Å². The Morgan fingerprint density at radius 1 is 1.23 bits per heavy atom. The third kappa shape index (κ3) is 2.19. The molecular weight excluding hydrogens is 323 g/mol. The maximum Gasteiger partial charge on any atom is 0.418 e. The van der Waals surface area contributed by atoms with Crippen LogP contribution in [-0.4, -0.2) is 25.3 Å². The van der Waals surface area contributed by atoms with E-state index < -0.39 is 22.5 Å². The van der Waals surface area contributed by atoms with Gasteiger partial charge < -0.3 is 10.8 Å². The first-order valence-electron chi connectivity index (χ1n) is 5.83. The lowest BCUT2D eigenvalue weighted by Gasteiger charge is -2.12. The molecule has 10 heteroatoms. The van der Waals surface area contributed by atoms with Gasteiger partial charge in [0.25, 0.3) is 0 Å². The molecule has 0 bridgehead atoms. The molecule has 0 spiro atoms. The first kappa shape index (κ1) is 14.4. The number of nitrogens with one attached hydrogen (secondary N) is 1. The minimum atomic E-state index is -4.72. The number of phenolic OH excluding ortho intramolecular Hbond substituents is 1. The standard InChI is InChI=1S/C12H7ClF3N5O/c13-8-5(12(14,15)16)1-4(2-6(8)22)9-7-10(17)18-3-19-11(7)21-20-9/h1-3,22H,(H3,17,18,19,20,21). The smallest absolute Gasteiger partial charge is 0.418 e. The van der Waals surface area contributed by atoms with E-state index in [0.717, 1.165) is 12.1 Å². The Bertz CT molecular complexity index is 877. The molecule has 0 aliphatic heterocycles. The number of H-pyrrole nitrogens is 1. The molecule has 0 atom stereocenters. The summed E-state index contributed by atoms with van der Waals surface area (Å²) >= 11 is 5.51. The summed E-state index contributed by atoms with van der Waals surface area (Å²) < 4.78 is 38.9. The van der Waals surface area contributed by atoms with Gasteiger partial charge in [-0.05, 0) is 12.1 Å². The predicted octanol–water partition coefficient (Wildman–Crippen LogP) is 2.98. The molecule has 0 fully saturated rings. The van der Waals surface area contributed by atoms with E-state index in [1.54, 1.807) is 0 Å². The molecule has 0 saturated heterocycles. The summed E-state index contributed by atoms with van der Waals surface area (Å²) in [5.74, 6) is -0.658. The van der Waals surface area contributed by atoms with Gasteiger partial charge in [-0.15, -0.1) is 0 Å². The maximum absolute atomic E-state index is 13.0. The van der Waals surface area contributed by atoms with Gasteiger partial charge >= 0.3 is 6.18 Å². The number of hydrogen-bond donors (Lipinski definition) is 3. The van der Waals surface area contributed by atoms with Crippen LogP contribution in [0.25, 0.3) is 22.3 Å². The summed E-state index contributed by atoms with van der Waals surface area (Å²) in [6.07, 6.45) is -3.53. The SMILES string of the molecule is Nc1ncnc2[nH]nc(-c3cc(O)c(Cl)c(C(F)(F)F)c3)c12. The molecular formula is C12H7ClF3N5O. The number of nitrogen functional groups attached to an aromatic ring is 1. The lowest BCUT2D eigenvalue weighted by molar-refractivity contribution is -0.137. The van der Waals surface area contributed by atoms with Crippen molar-refractivity contribution >= 4 is 28.5 Å². The van der Waals surface area contributed by atoms with Gasteiger partial charge in [0.2, 0.25) is 0 Å². The highest BCUT2D eigenvalue weighted by Crippen LogP contribution is 2.42. The van der Waals surface area contributed by atoms with Crippen LogP contribution in [0, 0.1) is 0 Å². The monoisotopic (exact) mass is 329 g/mol. The van der Waals surface area contributed by atoms with E-state index >= 15 is 0 Å². The van der Waals surface area contributed by atoms with Crippen molar-refractivity contribution in [2.45, 2.75) is 6.18 Å². The zero-order valence-electron chi connectivity index (χ0n) is 10.6. The van der Waals surface area contributed by atoms with Gasteiger partial charge in [-0.3, -0.25) is 5.10 Å². The van der Waals surface area contributed by atoms with Crippen molar-refractivity contribution in [1.29, 1.82) is 0 Å². The van der Waals surface area contributed by atoms with Gasteiger partial charge in [0.15, 0.2) is 5.65 Å². The number of nitrogens with two attached hydrogens (primary N) is 1. The van der Waals surface area contributed by atoms with Crippen LogP contribution in [0.1, 0.15) is 5.56 Å². The van der Waals surface area contributed by atoms with Gasteiger partial charge in [0.05, 0.1) is 16.0 Å². The minimum absolute atomic E-state index is 0.0121. The van der Waals surface area contributed by atoms with E-state index in [2.05, 4.69) is 20.2 Å². The molecule has 6 nitrogen and oxygen atoms in total. The van der Waals surface area contributed by atoms with Gasteiger partial charge in [-0.1, -0.05) is 11.6 Å². The summed E-state index contributed by atoms with van der Waals surface area (Å²) in [4.78, 5) is 7.65. The van der Waals surface area contributed by atoms with E-state index in [1.807, 2.05) is 0 Å². The molecule has 1 aromatic carbocycles. The van der Waals surface area contributed by atoms with E-state index in [0.29, 0.717) is 0 Å². The molecule has 0 unspecified atom stereocenters. The third-order valence-electron chi connectivity index (χ3n) is 3.02. The third-order valence-corrected chi connectivity index (χ3v) is 3.42. The predicted molar refractivity (Wildman–Crippen MR) is 73.2 cm³/mol. The van der Waals surface area contributed by atoms with Crippen LogP contribution in [0.15, 0.2) is 18.5 Å². The Morgan fingerprint density at radius 3 is 2.64 bits per heavy atom. The summed E-state index contributed by atoms with van der Waals surface area (Å²) in [5, 5.41) is 15.6. The molecule has 0 amide bonds. The number of nitrogens with zero attached hydrogens (tertiary/aromatic N) is 3. The van der Waals surface area contributed by atoms with Crippen LogP contribution in [0.4, 0.5) is 19.0 Å². The van der Waals surface area contributed by atoms with E-state index in [9.17, 15) is 18.3 Å². The molecule has 0 radical (unpaired) electrons. The van der Waals surface area contributed by atoms with Crippen molar-refractivity contribution in [3.63, 3.8) is 0 Å². The fraction of sp³-hybridized carbons (Fsp3) is 0.0833. The first-order valence-corrected chi connectivity index (χ1v) is 6.21. The molecule has 3 aromatic rings. The second kappa shape index (κ2) is 4.73. The van der Waals surface area contributed by atoms with Crippen LogP contribution >= 0.6 is 11.6 Å². The van der Waals surface area contributed by atoms with Crippen LogP contribution in [0.3, 0.4) is 0 Å². The van der Waals surface area contributed by atoms with Crippen molar-refractivity contribution in [2.24, 2.45) is 0 Å². The fourth-order valence-corrected chi connectivity index (χ4v) is 2.26. The van der Waals surface area contributed by atoms with E-state index in [4.69, 9.17) is 17.3 Å². The zero-order chi connectivity index (χ0) is 16.1. The van der Waals surface area contributed by atoms with Crippen LogP contribution < -0.4 is 5.73 Å². The second-order valence-electron chi connectivity index (χ2n) is 4.41. The molecule has 0 aliphatic carbocycles. The number of phenols is 1. The van der Waals surface area contributed by atoms with Crippen molar-refractivity contribution < 1.29 is 18.3 Å². The quantitative estimate of drug-likeness (QED) is 0.637. The lowest BCUT2D eigenvalue weighted by atomic mass is 10.0. The topological polar surface area (TPSA) is 101 Å². The van der Waals surface area contributed by atoms with Gasteiger partial charge in [0.1, 0.15) is 23.6 Å². The van der Waals surface area contributed by atoms with Crippen LogP contribution in [0.5, 0.6) is 5.75 Å². The van der Waals surface area contributed by atoms with E-state index in [-0.39, 0.29) is 28.1 Å². The fourth-order valence-electron chi connectivity index (χ4n) is 2.04. The molecule has 2 aromatic heterocycles. The molecule has 22 heavy (non-hydrogen) atoms. The van der Waals surface area contributed by atoms with Gasteiger partial charge in [0, 0.05) is 5.56 Å².